The highest BCUT2D eigenvalue weighted by Gasteiger charge is 2.60. The van der Waals surface area contributed by atoms with Gasteiger partial charge in [0.15, 0.2) is 5.78 Å². The topological polar surface area (TPSA) is 139 Å². The normalized spacial score (nSPS) is 34.3. The number of carboxylic acids is 1. The number of allylic oxidation sites excluding steroid dienone is 1. The van der Waals surface area contributed by atoms with E-state index in [0.717, 1.165) is 44.9 Å². The molecular formula is C31H46N2O7. The predicted molar refractivity (Wildman–Crippen MR) is 148 cm³/mol. The minimum atomic E-state index is -1.11. The maximum atomic E-state index is 12.8. The third kappa shape index (κ3) is 5.98. The van der Waals surface area contributed by atoms with Gasteiger partial charge in [0.1, 0.15) is 18.2 Å². The highest BCUT2D eigenvalue weighted by atomic mass is 16.5. The monoisotopic (exact) mass is 558 g/mol. The van der Waals surface area contributed by atoms with Crippen LogP contribution in [0.15, 0.2) is 11.6 Å². The van der Waals surface area contributed by atoms with Crippen molar-refractivity contribution in [3.05, 3.63) is 11.6 Å². The molecule has 0 spiro atoms. The van der Waals surface area contributed by atoms with Crippen molar-refractivity contribution < 1.29 is 33.8 Å². The molecule has 4 rings (SSSR count). The minimum Gasteiger partial charge on any atom is -0.480 e. The second-order valence-electron chi connectivity index (χ2n) is 13.0. The number of carbonyl (C=O) groups is 5. The Morgan fingerprint density at radius 3 is 2.48 bits per heavy atom. The van der Waals surface area contributed by atoms with Crippen molar-refractivity contribution in [1.29, 1.82) is 0 Å². The van der Waals surface area contributed by atoms with Crippen LogP contribution in [-0.2, 0) is 28.7 Å². The van der Waals surface area contributed by atoms with Gasteiger partial charge in [-0.25, -0.2) is 4.79 Å². The number of fused-ring (bicyclic) bond motifs is 5. The summed E-state index contributed by atoms with van der Waals surface area (Å²) in [5.41, 5.74) is 1.38. The van der Waals surface area contributed by atoms with Gasteiger partial charge in [-0.05, 0) is 87.5 Å². The molecule has 0 saturated heterocycles. The molecule has 0 unspecified atom stereocenters. The number of rotatable bonds is 10. The Hall–Kier alpha value is -2.71. The molecule has 0 aromatic carbocycles. The van der Waals surface area contributed by atoms with Crippen LogP contribution < -0.4 is 10.6 Å². The summed E-state index contributed by atoms with van der Waals surface area (Å²) in [6.45, 7) is 7.95. The first-order valence-corrected chi connectivity index (χ1v) is 15.1. The van der Waals surface area contributed by atoms with E-state index in [4.69, 9.17) is 4.74 Å². The smallest absolute Gasteiger partial charge is 0.326 e. The van der Waals surface area contributed by atoms with Crippen LogP contribution in [0.1, 0.15) is 105 Å². The van der Waals surface area contributed by atoms with Gasteiger partial charge in [-0.15, -0.1) is 0 Å². The number of aliphatic carboxylic acids is 1. The number of ketones is 1. The summed E-state index contributed by atoms with van der Waals surface area (Å²) in [5, 5.41) is 14.2. The first kappa shape index (κ1) is 30.3. The number of esters is 1. The molecule has 0 heterocycles. The molecule has 0 aromatic heterocycles. The zero-order chi connectivity index (χ0) is 29.2. The fourth-order valence-electron chi connectivity index (χ4n) is 8.36. The third-order valence-corrected chi connectivity index (χ3v) is 10.7. The van der Waals surface area contributed by atoms with Crippen molar-refractivity contribution >= 4 is 29.5 Å². The van der Waals surface area contributed by atoms with E-state index in [9.17, 15) is 29.1 Å². The van der Waals surface area contributed by atoms with Crippen LogP contribution in [0.4, 0.5) is 0 Å². The fourth-order valence-corrected chi connectivity index (χ4v) is 8.36. The molecule has 4 aliphatic rings. The summed E-state index contributed by atoms with van der Waals surface area (Å²) >= 11 is 0. The fraction of sp³-hybridized carbons (Fsp3) is 0.774. The average molecular weight is 559 g/mol. The van der Waals surface area contributed by atoms with E-state index in [1.54, 1.807) is 0 Å². The van der Waals surface area contributed by atoms with E-state index in [2.05, 4.69) is 24.5 Å². The average Bonchev–Trinajstić information content (AvgIpc) is 3.23. The van der Waals surface area contributed by atoms with Gasteiger partial charge in [-0.2, -0.15) is 0 Å². The number of carbonyl (C=O) groups excluding carboxylic acids is 4. The first-order chi connectivity index (χ1) is 18.9. The second-order valence-corrected chi connectivity index (χ2v) is 13.0. The molecule has 3 saturated carbocycles. The lowest BCUT2D eigenvalue weighted by Crippen LogP contribution is -2.51. The van der Waals surface area contributed by atoms with Gasteiger partial charge in [0.05, 0.1) is 6.42 Å². The van der Waals surface area contributed by atoms with Crippen molar-refractivity contribution in [1.82, 2.24) is 10.6 Å². The summed E-state index contributed by atoms with van der Waals surface area (Å²) in [7, 11) is 0. The molecule has 3 fully saturated rings. The van der Waals surface area contributed by atoms with Crippen LogP contribution in [0, 0.1) is 28.6 Å². The van der Waals surface area contributed by atoms with E-state index in [-0.39, 0.29) is 35.6 Å². The maximum absolute atomic E-state index is 12.8. The van der Waals surface area contributed by atoms with Gasteiger partial charge in [0.2, 0.25) is 11.8 Å². The molecule has 8 atom stereocenters. The summed E-state index contributed by atoms with van der Waals surface area (Å²) in [6.07, 6.45) is 10.1. The summed E-state index contributed by atoms with van der Waals surface area (Å²) < 4.78 is 6.00. The third-order valence-electron chi connectivity index (χ3n) is 10.7. The largest absolute Gasteiger partial charge is 0.480 e. The number of ether oxygens (including phenoxy) is 1. The Balaban J connectivity index is 1.27. The number of hydrogen-bond donors (Lipinski definition) is 3. The van der Waals surface area contributed by atoms with Crippen molar-refractivity contribution in [2.75, 3.05) is 0 Å². The molecule has 0 bridgehead atoms. The molecular weight excluding hydrogens is 512 g/mol. The van der Waals surface area contributed by atoms with Gasteiger partial charge in [-0.3, -0.25) is 19.2 Å². The van der Waals surface area contributed by atoms with E-state index < -0.39 is 35.8 Å². The van der Waals surface area contributed by atoms with Gasteiger partial charge >= 0.3 is 11.9 Å². The standard InChI is InChI=1S/C31H46N2O7/c1-5-6-24(29(38)39)33-28(37)18(2)32-26(35)11-12-27(36)40-25-10-9-22-21-8-7-19-17-20(34)13-15-30(19,3)23(21)14-16-31(22,25)4/h17-18,21-25H,5-16H2,1-4H3,(H,32,35)(H,33,37)(H,38,39)/t18-,21-,22-,23-,24-,25+,30-,31-/m0/s1. The minimum absolute atomic E-state index is 0.0721. The van der Waals surface area contributed by atoms with Crippen LogP contribution in [0.3, 0.4) is 0 Å². The Morgan fingerprint density at radius 2 is 1.77 bits per heavy atom. The lowest BCUT2D eigenvalue weighted by Gasteiger charge is -2.57. The molecule has 0 aromatic rings. The summed E-state index contributed by atoms with van der Waals surface area (Å²) in [4.78, 5) is 60.9. The molecule has 40 heavy (non-hydrogen) atoms. The van der Waals surface area contributed by atoms with Gasteiger partial charge in [-0.1, -0.05) is 32.8 Å². The van der Waals surface area contributed by atoms with E-state index in [1.165, 1.54) is 12.5 Å². The van der Waals surface area contributed by atoms with Gasteiger partial charge < -0.3 is 20.5 Å². The molecule has 3 N–H and O–H groups in total. The van der Waals surface area contributed by atoms with E-state index >= 15 is 0 Å². The van der Waals surface area contributed by atoms with Crippen molar-refractivity contribution in [3.8, 4) is 0 Å². The molecule has 0 aliphatic heterocycles. The van der Waals surface area contributed by atoms with Gasteiger partial charge in [0.25, 0.3) is 0 Å². The summed E-state index contributed by atoms with van der Waals surface area (Å²) in [5.74, 6) is -0.633. The van der Waals surface area contributed by atoms with Crippen LogP contribution in [0.5, 0.6) is 0 Å². The first-order valence-electron chi connectivity index (χ1n) is 15.1. The van der Waals surface area contributed by atoms with Crippen LogP contribution in [0.25, 0.3) is 0 Å². The molecule has 9 nitrogen and oxygen atoms in total. The predicted octanol–water partition coefficient (Wildman–Crippen LogP) is 4.08. The molecule has 9 heteroatoms. The van der Waals surface area contributed by atoms with E-state index in [1.807, 2.05) is 13.0 Å². The second kappa shape index (κ2) is 12.0. The zero-order valence-electron chi connectivity index (χ0n) is 24.4. The molecule has 222 valence electrons. The lowest BCUT2D eigenvalue weighted by atomic mass is 9.47. The van der Waals surface area contributed by atoms with Crippen LogP contribution >= 0.6 is 0 Å². The highest BCUT2D eigenvalue weighted by molar-refractivity contribution is 5.92. The van der Waals surface area contributed by atoms with Gasteiger partial charge in [0, 0.05) is 18.3 Å². The van der Waals surface area contributed by atoms with Crippen LogP contribution in [-0.4, -0.2) is 52.8 Å². The maximum Gasteiger partial charge on any atom is 0.326 e. The lowest BCUT2D eigenvalue weighted by molar-refractivity contribution is -0.160. The SMILES string of the molecule is CCC[C@H](NC(=O)[C@H](C)NC(=O)CCC(=O)O[C@@H]1CC[C@H]2[C@@H]3CCC4=CC(=O)CC[C@]4(C)[C@H]3CC[C@]12C)C(=O)O. The number of carboxylic acid groups (broad SMARTS) is 1. The van der Waals surface area contributed by atoms with Crippen molar-refractivity contribution in [2.45, 2.75) is 123 Å². The number of hydrogen-bond acceptors (Lipinski definition) is 6. The number of amides is 2. The highest BCUT2D eigenvalue weighted by Crippen LogP contribution is 2.65. The quantitative estimate of drug-likeness (QED) is 0.343. The Labute approximate surface area is 237 Å². The van der Waals surface area contributed by atoms with Crippen molar-refractivity contribution in [3.63, 3.8) is 0 Å². The Bertz CT molecular complexity index is 1070. The molecule has 0 radical (unpaired) electrons. The Kier molecular flexibility index (Phi) is 9.10. The molecule has 4 aliphatic carbocycles. The van der Waals surface area contributed by atoms with Crippen LogP contribution in [0.2, 0.25) is 0 Å². The zero-order valence-corrected chi connectivity index (χ0v) is 24.4. The van der Waals surface area contributed by atoms with Crippen molar-refractivity contribution in [2.24, 2.45) is 28.6 Å². The molecule has 2 amide bonds. The number of nitrogens with one attached hydrogen (secondary N) is 2. The van der Waals surface area contributed by atoms with E-state index in [0.29, 0.717) is 37.0 Å². The summed E-state index contributed by atoms with van der Waals surface area (Å²) in [6, 6.07) is -1.91. The Morgan fingerprint density at radius 1 is 1.02 bits per heavy atom.